The molecule has 0 spiro atoms. The molecule has 1 aliphatic rings. The third-order valence-corrected chi connectivity index (χ3v) is 4.10. The Morgan fingerprint density at radius 2 is 1.68 bits per heavy atom. The number of fused-ring (bicyclic) bond motifs is 3. The van der Waals surface area contributed by atoms with Crippen LogP contribution in [0.25, 0.3) is 10.8 Å². The molecule has 2 aromatic carbocycles. The lowest BCUT2D eigenvalue weighted by atomic mass is 9.92. The van der Waals surface area contributed by atoms with Gasteiger partial charge in [0.1, 0.15) is 0 Å². The lowest BCUT2D eigenvalue weighted by Crippen LogP contribution is -2.33. The number of carbonyl (C=O) groups excluding carboxylic acids is 2. The fraction of sp³-hybridized carbons (Fsp3) is 0.222. The van der Waals surface area contributed by atoms with E-state index in [4.69, 9.17) is 0 Å². The summed E-state index contributed by atoms with van der Waals surface area (Å²) in [6.45, 7) is 3.91. The second-order valence-electron chi connectivity index (χ2n) is 6.30. The summed E-state index contributed by atoms with van der Waals surface area (Å²) in [6.07, 6.45) is 0. The molecule has 0 radical (unpaired) electrons. The van der Waals surface area contributed by atoms with E-state index in [-0.39, 0.29) is 45.5 Å². The minimum Gasteiger partial charge on any atom is -0.478 e. The Kier molecular flexibility index (Phi) is 3.79. The van der Waals surface area contributed by atoms with Gasteiger partial charge in [0.25, 0.3) is 11.8 Å². The van der Waals surface area contributed by atoms with Gasteiger partial charge in [-0.15, -0.1) is 0 Å². The molecule has 7 nitrogen and oxygen atoms in total. The Morgan fingerprint density at radius 3 is 2.24 bits per heavy atom. The third kappa shape index (κ3) is 2.44. The number of rotatable bonds is 4. The lowest BCUT2D eigenvalue weighted by Gasteiger charge is -2.15. The number of hydrogen-bond donors (Lipinski definition) is 2. The van der Waals surface area contributed by atoms with Crippen molar-refractivity contribution in [3.63, 3.8) is 0 Å². The molecule has 0 saturated carbocycles. The van der Waals surface area contributed by atoms with E-state index in [9.17, 15) is 29.4 Å². The zero-order valence-electron chi connectivity index (χ0n) is 13.6. The van der Waals surface area contributed by atoms with Crippen molar-refractivity contribution in [3.8, 4) is 0 Å². The minimum atomic E-state index is -1.36. The molecule has 0 unspecified atom stereocenters. The van der Waals surface area contributed by atoms with Crippen LogP contribution in [0.5, 0.6) is 0 Å². The fourth-order valence-electron chi connectivity index (χ4n) is 3.13. The topological polar surface area (TPSA) is 112 Å². The van der Waals surface area contributed by atoms with Gasteiger partial charge in [-0.2, -0.15) is 0 Å². The molecule has 0 saturated heterocycles. The van der Waals surface area contributed by atoms with Gasteiger partial charge in [0, 0.05) is 11.9 Å². The first-order chi connectivity index (χ1) is 11.7. The number of benzene rings is 2. The van der Waals surface area contributed by atoms with Gasteiger partial charge in [0.05, 0.1) is 22.3 Å². The smallest absolute Gasteiger partial charge is 0.336 e. The van der Waals surface area contributed by atoms with Crippen molar-refractivity contribution >= 4 is 34.5 Å². The van der Waals surface area contributed by atoms with Gasteiger partial charge in [-0.3, -0.25) is 14.5 Å². The van der Waals surface area contributed by atoms with E-state index >= 15 is 0 Å². The predicted octanol–water partition coefficient (Wildman–Crippen LogP) is 2.49. The summed E-state index contributed by atoms with van der Waals surface area (Å²) >= 11 is 0. The number of carboxylic acid groups (broad SMARTS) is 2. The third-order valence-electron chi connectivity index (χ3n) is 4.10. The maximum Gasteiger partial charge on any atom is 0.336 e. The van der Waals surface area contributed by atoms with E-state index in [1.165, 1.54) is 18.2 Å². The van der Waals surface area contributed by atoms with Crippen molar-refractivity contribution in [2.75, 3.05) is 6.54 Å². The maximum absolute atomic E-state index is 12.7. The van der Waals surface area contributed by atoms with Gasteiger partial charge >= 0.3 is 11.9 Å². The number of amides is 2. The molecule has 128 valence electrons. The summed E-state index contributed by atoms with van der Waals surface area (Å²) in [7, 11) is 0. The van der Waals surface area contributed by atoms with Gasteiger partial charge in [-0.25, -0.2) is 9.59 Å². The molecular formula is C18H15NO6. The highest BCUT2D eigenvalue weighted by Gasteiger charge is 2.39. The lowest BCUT2D eigenvalue weighted by molar-refractivity contribution is 0.0633. The summed E-state index contributed by atoms with van der Waals surface area (Å²) in [5, 5.41) is 19.0. The van der Waals surface area contributed by atoms with Crippen LogP contribution in [0.15, 0.2) is 24.3 Å². The summed E-state index contributed by atoms with van der Waals surface area (Å²) in [5.74, 6) is -3.70. The Labute approximate surface area is 142 Å². The van der Waals surface area contributed by atoms with E-state index in [0.717, 1.165) is 11.0 Å². The summed E-state index contributed by atoms with van der Waals surface area (Å²) in [4.78, 5) is 49.5. The normalized spacial score (nSPS) is 13.6. The van der Waals surface area contributed by atoms with Crippen LogP contribution in [0.2, 0.25) is 0 Å². The zero-order valence-corrected chi connectivity index (χ0v) is 13.6. The summed E-state index contributed by atoms with van der Waals surface area (Å²) in [6, 6.07) is 5.28. The van der Waals surface area contributed by atoms with Crippen LogP contribution in [0, 0.1) is 5.92 Å². The van der Waals surface area contributed by atoms with Crippen LogP contribution in [0.4, 0.5) is 0 Å². The second kappa shape index (κ2) is 5.70. The molecule has 3 rings (SSSR count). The van der Waals surface area contributed by atoms with Crippen LogP contribution < -0.4 is 0 Å². The number of imide groups is 1. The molecular weight excluding hydrogens is 326 g/mol. The Hall–Kier alpha value is -3.22. The molecule has 0 bridgehead atoms. The molecule has 2 N–H and O–H groups in total. The van der Waals surface area contributed by atoms with Crippen LogP contribution in [-0.2, 0) is 0 Å². The second-order valence-corrected chi connectivity index (χ2v) is 6.30. The fourth-order valence-corrected chi connectivity index (χ4v) is 3.13. The molecule has 2 amide bonds. The van der Waals surface area contributed by atoms with Gasteiger partial charge in [-0.1, -0.05) is 26.0 Å². The van der Waals surface area contributed by atoms with E-state index in [2.05, 4.69) is 0 Å². The largest absolute Gasteiger partial charge is 0.478 e. The molecule has 1 aliphatic heterocycles. The maximum atomic E-state index is 12.7. The molecule has 25 heavy (non-hydrogen) atoms. The standard InChI is InChI=1S/C18H15NO6/c1-8(2)7-19-15(20)11-6-12(18(24)25)13-9(14(11)16(19)21)4-3-5-10(13)17(22)23/h3-6,8H,7H2,1-2H3,(H,22,23)(H,24,25). The SMILES string of the molecule is CC(C)CN1C(=O)c2cc(C(=O)O)c3c(C(=O)O)cccc3c2C1=O. The average molecular weight is 341 g/mol. The van der Waals surface area contributed by atoms with E-state index < -0.39 is 23.8 Å². The molecule has 1 heterocycles. The molecule has 0 atom stereocenters. The Morgan fingerprint density at radius 1 is 1.04 bits per heavy atom. The van der Waals surface area contributed by atoms with Gasteiger partial charge < -0.3 is 10.2 Å². The number of aromatic carboxylic acids is 2. The van der Waals surface area contributed by atoms with Crippen molar-refractivity contribution in [2.45, 2.75) is 13.8 Å². The Balaban J connectivity index is 2.39. The highest BCUT2D eigenvalue weighted by molar-refractivity contribution is 6.29. The van der Waals surface area contributed by atoms with E-state index in [1.54, 1.807) is 0 Å². The monoisotopic (exact) mass is 341 g/mol. The number of nitrogens with zero attached hydrogens (tertiary/aromatic N) is 1. The van der Waals surface area contributed by atoms with Crippen LogP contribution in [0.1, 0.15) is 55.3 Å². The quantitative estimate of drug-likeness (QED) is 0.826. The first-order valence-electron chi connectivity index (χ1n) is 7.66. The highest BCUT2D eigenvalue weighted by atomic mass is 16.4. The van der Waals surface area contributed by atoms with Crippen LogP contribution in [-0.4, -0.2) is 45.4 Å². The van der Waals surface area contributed by atoms with E-state index in [0.29, 0.717) is 0 Å². The first kappa shape index (κ1) is 16.6. The van der Waals surface area contributed by atoms with Crippen molar-refractivity contribution in [1.29, 1.82) is 0 Å². The number of hydrogen-bond acceptors (Lipinski definition) is 4. The molecule has 2 aromatic rings. The molecule has 0 aliphatic carbocycles. The van der Waals surface area contributed by atoms with Crippen LogP contribution >= 0.6 is 0 Å². The average Bonchev–Trinajstić information content (AvgIpc) is 2.77. The number of carbonyl (C=O) groups is 4. The van der Waals surface area contributed by atoms with E-state index in [1.807, 2.05) is 13.8 Å². The predicted molar refractivity (Wildman–Crippen MR) is 88.1 cm³/mol. The van der Waals surface area contributed by atoms with Gasteiger partial charge in [0.15, 0.2) is 0 Å². The summed E-state index contributed by atoms with van der Waals surface area (Å²) < 4.78 is 0. The Bertz CT molecular complexity index is 960. The zero-order chi connectivity index (χ0) is 18.5. The van der Waals surface area contributed by atoms with Crippen LogP contribution in [0.3, 0.4) is 0 Å². The van der Waals surface area contributed by atoms with Crippen molar-refractivity contribution in [3.05, 3.63) is 46.5 Å². The van der Waals surface area contributed by atoms with Crippen molar-refractivity contribution in [1.82, 2.24) is 4.90 Å². The van der Waals surface area contributed by atoms with Crippen molar-refractivity contribution < 1.29 is 29.4 Å². The number of carboxylic acids is 2. The molecule has 0 fully saturated rings. The molecule has 7 heteroatoms. The van der Waals surface area contributed by atoms with Gasteiger partial charge in [-0.05, 0) is 23.4 Å². The molecule has 0 aromatic heterocycles. The minimum absolute atomic E-state index is 0.00177. The highest BCUT2D eigenvalue weighted by Crippen LogP contribution is 2.35. The summed E-state index contributed by atoms with van der Waals surface area (Å²) in [5.41, 5.74) is -0.466. The first-order valence-corrected chi connectivity index (χ1v) is 7.66. The van der Waals surface area contributed by atoms with Crippen molar-refractivity contribution in [2.24, 2.45) is 5.92 Å². The van der Waals surface area contributed by atoms with Gasteiger partial charge in [0.2, 0.25) is 0 Å².